The van der Waals surface area contributed by atoms with E-state index >= 15 is 0 Å². The maximum absolute atomic E-state index is 12.2. The molecule has 1 aliphatic heterocycles. The fraction of sp³-hybridized carbons (Fsp3) is 0.444. The number of para-hydroxylation sites is 1. The number of nitrogens with zero attached hydrogens (tertiary/aromatic N) is 1. The number of aromatic nitrogens is 1. The molecule has 0 saturated carbocycles. The first-order chi connectivity index (χ1) is 11.2. The Balaban J connectivity index is 1.57. The third kappa shape index (κ3) is 3.99. The number of fused-ring (bicyclic) bond motifs is 1. The van der Waals surface area contributed by atoms with Crippen molar-refractivity contribution in [3.05, 3.63) is 46.8 Å². The van der Waals surface area contributed by atoms with Crippen molar-refractivity contribution >= 4 is 16.8 Å². The lowest BCUT2D eigenvalue weighted by Gasteiger charge is -2.22. The first-order valence-corrected chi connectivity index (χ1v) is 8.29. The first kappa shape index (κ1) is 15.7. The molecule has 2 heterocycles. The second-order valence-corrected chi connectivity index (χ2v) is 6.18. The second-order valence-electron chi connectivity index (χ2n) is 6.18. The van der Waals surface area contributed by atoms with Gasteiger partial charge in [0.1, 0.15) is 6.54 Å². The summed E-state index contributed by atoms with van der Waals surface area (Å²) >= 11 is 0. The molecule has 1 saturated heterocycles. The van der Waals surface area contributed by atoms with Crippen LogP contribution < -0.4 is 16.1 Å². The summed E-state index contributed by atoms with van der Waals surface area (Å²) in [5.74, 6) is 0.653. The van der Waals surface area contributed by atoms with Crippen LogP contribution in [0, 0.1) is 5.92 Å². The SMILES string of the molecule is O=C(Cn1ccc(=O)c2ccccc21)NCCC1CCCNC1. The van der Waals surface area contributed by atoms with Gasteiger partial charge in [0.05, 0.1) is 5.52 Å². The van der Waals surface area contributed by atoms with Gasteiger partial charge in [-0.2, -0.15) is 0 Å². The maximum Gasteiger partial charge on any atom is 0.239 e. The molecule has 1 fully saturated rings. The summed E-state index contributed by atoms with van der Waals surface area (Å²) in [6, 6.07) is 8.90. The Bertz CT molecular complexity index is 732. The predicted octanol–water partition coefficient (Wildman–Crippen LogP) is 1.51. The Hall–Kier alpha value is -2.14. The molecule has 122 valence electrons. The quantitative estimate of drug-likeness (QED) is 0.879. The van der Waals surface area contributed by atoms with Gasteiger partial charge in [0.25, 0.3) is 0 Å². The predicted molar refractivity (Wildman–Crippen MR) is 91.4 cm³/mol. The van der Waals surface area contributed by atoms with Crippen molar-refractivity contribution in [2.24, 2.45) is 5.92 Å². The highest BCUT2D eigenvalue weighted by Crippen LogP contribution is 2.13. The minimum absolute atomic E-state index is 0.0115. The number of hydrogen-bond acceptors (Lipinski definition) is 3. The van der Waals surface area contributed by atoms with Crippen molar-refractivity contribution in [2.75, 3.05) is 19.6 Å². The van der Waals surface area contributed by atoms with Gasteiger partial charge in [-0.05, 0) is 50.4 Å². The number of benzene rings is 1. The van der Waals surface area contributed by atoms with Gasteiger partial charge in [0.2, 0.25) is 5.91 Å². The zero-order chi connectivity index (χ0) is 16.1. The van der Waals surface area contributed by atoms with Gasteiger partial charge in [0.15, 0.2) is 5.43 Å². The fourth-order valence-corrected chi connectivity index (χ4v) is 3.19. The van der Waals surface area contributed by atoms with Crippen molar-refractivity contribution < 1.29 is 4.79 Å². The Kier molecular flexibility index (Phi) is 5.08. The van der Waals surface area contributed by atoms with Crippen molar-refractivity contribution in [1.82, 2.24) is 15.2 Å². The third-order valence-corrected chi connectivity index (χ3v) is 4.47. The van der Waals surface area contributed by atoms with E-state index in [9.17, 15) is 9.59 Å². The zero-order valence-corrected chi connectivity index (χ0v) is 13.3. The van der Waals surface area contributed by atoms with Crippen molar-refractivity contribution in [1.29, 1.82) is 0 Å². The van der Waals surface area contributed by atoms with E-state index in [0.717, 1.165) is 25.0 Å². The molecule has 5 nitrogen and oxygen atoms in total. The maximum atomic E-state index is 12.2. The number of rotatable bonds is 5. The summed E-state index contributed by atoms with van der Waals surface area (Å²) in [7, 11) is 0. The summed E-state index contributed by atoms with van der Waals surface area (Å²) in [4.78, 5) is 24.0. The van der Waals surface area contributed by atoms with Crippen LogP contribution >= 0.6 is 0 Å². The Morgan fingerprint density at radius 3 is 3.00 bits per heavy atom. The number of amides is 1. The zero-order valence-electron chi connectivity index (χ0n) is 13.3. The van der Waals surface area contributed by atoms with E-state index < -0.39 is 0 Å². The Morgan fingerprint density at radius 1 is 1.30 bits per heavy atom. The number of piperidine rings is 1. The molecule has 1 atom stereocenters. The molecular weight excluding hydrogens is 290 g/mol. The van der Waals surface area contributed by atoms with Crippen molar-refractivity contribution in [3.8, 4) is 0 Å². The van der Waals surface area contributed by atoms with E-state index in [-0.39, 0.29) is 17.9 Å². The summed E-state index contributed by atoms with van der Waals surface area (Å²) in [5, 5.41) is 7.03. The topological polar surface area (TPSA) is 63.1 Å². The number of pyridine rings is 1. The largest absolute Gasteiger partial charge is 0.355 e. The van der Waals surface area contributed by atoms with Crippen LogP contribution in [0.5, 0.6) is 0 Å². The van der Waals surface area contributed by atoms with Gasteiger partial charge in [-0.1, -0.05) is 12.1 Å². The van der Waals surface area contributed by atoms with Crippen LogP contribution in [0.1, 0.15) is 19.3 Å². The summed E-state index contributed by atoms with van der Waals surface area (Å²) in [6.07, 6.45) is 5.17. The van der Waals surface area contributed by atoms with Crippen LogP contribution in [0.3, 0.4) is 0 Å². The van der Waals surface area contributed by atoms with E-state index in [1.807, 2.05) is 22.8 Å². The van der Waals surface area contributed by atoms with Gasteiger partial charge in [-0.25, -0.2) is 0 Å². The van der Waals surface area contributed by atoms with Gasteiger partial charge in [-0.15, -0.1) is 0 Å². The highest BCUT2D eigenvalue weighted by Gasteiger charge is 2.13. The van der Waals surface area contributed by atoms with Gasteiger partial charge in [0, 0.05) is 24.2 Å². The molecule has 1 unspecified atom stereocenters. The molecule has 23 heavy (non-hydrogen) atoms. The Morgan fingerprint density at radius 2 is 2.17 bits per heavy atom. The van der Waals surface area contributed by atoms with E-state index in [2.05, 4.69) is 10.6 Å². The molecule has 1 aromatic heterocycles. The fourth-order valence-electron chi connectivity index (χ4n) is 3.19. The normalized spacial score (nSPS) is 18.0. The molecule has 0 aliphatic carbocycles. The van der Waals surface area contributed by atoms with Crippen LogP contribution in [0.2, 0.25) is 0 Å². The molecule has 1 aromatic carbocycles. The van der Waals surface area contributed by atoms with Gasteiger partial charge >= 0.3 is 0 Å². The smallest absolute Gasteiger partial charge is 0.239 e. The molecule has 3 rings (SSSR count). The molecule has 1 aliphatic rings. The number of nitrogens with one attached hydrogen (secondary N) is 2. The molecule has 2 aromatic rings. The number of carbonyl (C=O) groups excluding carboxylic acids is 1. The van der Waals surface area contributed by atoms with Crippen molar-refractivity contribution in [3.63, 3.8) is 0 Å². The van der Waals surface area contributed by atoms with E-state index in [1.165, 1.54) is 18.9 Å². The molecule has 0 radical (unpaired) electrons. The molecule has 0 spiro atoms. The molecule has 5 heteroatoms. The lowest BCUT2D eigenvalue weighted by molar-refractivity contribution is -0.121. The molecule has 1 amide bonds. The monoisotopic (exact) mass is 313 g/mol. The van der Waals surface area contributed by atoms with Crippen LogP contribution in [-0.4, -0.2) is 30.1 Å². The van der Waals surface area contributed by atoms with E-state index in [4.69, 9.17) is 0 Å². The molecule has 2 N–H and O–H groups in total. The standard InChI is InChI=1S/C18H23N3O2/c22-17-8-11-21(16-6-2-1-5-15(16)17)13-18(23)20-10-7-14-4-3-9-19-12-14/h1-2,5-6,8,11,14,19H,3-4,7,9-10,12-13H2,(H,20,23). The molecular formula is C18H23N3O2. The summed E-state index contributed by atoms with van der Waals surface area (Å²) < 4.78 is 1.83. The van der Waals surface area contributed by atoms with Crippen LogP contribution in [0.4, 0.5) is 0 Å². The highest BCUT2D eigenvalue weighted by molar-refractivity contribution is 5.82. The Labute approximate surface area is 135 Å². The average Bonchev–Trinajstić information content (AvgIpc) is 2.59. The second kappa shape index (κ2) is 7.42. The number of hydrogen-bond donors (Lipinski definition) is 2. The average molecular weight is 313 g/mol. The third-order valence-electron chi connectivity index (χ3n) is 4.47. The minimum atomic E-state index is -0.0120. The van der Waals surface area contributed by atoms with Crippen LogP contribution in [-0.2, 0) is 11.3 Å². The van der Waals surface area contributed by atoms with Crippen LogP contribution in [0.25, 0.3) is 10.9 Å². The van der Waals surface area contributed by atoms with E-state index in [0.29, 0.717) is 17.8 Å². The number of carbonyl (C=O) groups is 1. The lowest BCUT2D eigenvalue weighted by Crippen LogP contribution is -2.34. The van der Waals surface area contributed by atoms with E-state index in [1.54, 1.807) is 12.3 Å². The first-order valence-electron chi connectivity index (χ1n) is 8.29. The lowest BCUT2D eigenvalue weighted by atomic mass is 9.96. The minimum Gasteiger partial charge on any atom is -0.355 e. The van der Waals surface area contributed by atoms with Crippen molar-refractivity contribution in [2.45, 2.75) is 25.8 Å². The molecule has 0 bridgehead atoms. The van der Waals surface area contributed by atoms with Crippen LogP contribution in [0.15, 0.2) is 41.3 Å². The summed E-state index contributed by atoms with van der Waals surface area (Å²) in [6.45, 7) is 3.12. The van der Waals surface area contributed by atoms with Gasteiger partial charge < -0.3 is 15.2 Å². The highest BCUT2D eigenvalue weighted by atomic mass is 16.2. The summed E-state index contributed by atoms with van der Waals surface area (Å²) in [5.41, 5.74) is 0.786. The van der Waals surface area contributed by atoms with Gasteiger partial charge in [-0.3, -0.25) is 9.59 Å².